The van der Waals surface area contributed by atoms with Crippen molar-refractivity contribution in [3.05, 3.63) is 47.5 Å². The molecule has 0 spiro atoms. The molecule has 0 radical (unpaired) electrons. The summed E-state index contributed by atoms with van der Waals surface area (Å²) in [6.07, 6.45) is 0. The van der Waals surface area contributed by atoms with Gasteiger partial charge in [-0.25, -0.2) is 0 Å². The number of para-hydroxylation sites is 1. The lowest BCUT2D eigenvalue weighted by Gasteiger charge is -1.93. The Hall–Kier alpha value is -1.93. The van der Waals surface area contributed by atoms with E-state index in [2.05, 4.69) is 28.2 Å². The lowest BCUT2D eigenvalue weighted by molar-refractivity contribution is 1.43. The molecule has 3 heteroatoms. The van der Waals surface area contributed by atoms with Crippen LogP contribution in [0, 0.1) is 0 Å². The minimum absolute atomic E-state index is 0.767. The zero-order valence-corrected chi connectivity index (χ0v) is 9.68. The Kier molecular flexibility index (Phi) is 1.64. The minimum atomic E-state index is 0.767. The Morgan fingerprint density at radius 1 is 0.824 bits per heavy atom. The molecule has 2 N–H and O–H groups in total. The smallest absolute Gasteiger partial charge is 0.116 e. The van der Waals surface area contributed by atoms with Gasteiger partial charge in [-0.05, 0) is 24.3 Å². The van der Waals surface area contributed by atoms with E-state index in [0.29, 0.717) is 0 Å². The van der Waals surface area contributed by atoms with Crippen molar-refractivity contribution in [2.45, 2.75) is 0 Å². The highest BCUT2D eigenvalue weighted by molar-refractivity contribution is 6.32. The number of fused-ring (bicyclic) bond motifs is 5. The number of aromatic amines is 2. The van der Waals surface area contributed by atoms with Crippen LogP contribution < -0.4 is 0 Å². The van der Waals surface area contributed by atoms with Crippen LogP contribution in [0.1, 0.15) is 0 Å². The van der Waals surface area contributed by atoms with Gasteiger partial charge in [0.05, 0.1) is 0 Å². The Labute approximate surface area is 102 Å². The fourth-order valence-corrected chi connectivity index (χ4v) is 2.65. The number of hydrogen-bond donors (Lipinski definition) is 2. The molecule has 82 valence electrons. The van der Waals surface area contributed by atoms with Gasteiger partial charge in [0.2, 0.25) is 0 Å². The Morgan fingerprint density at radius 2 is 1.59 bits per heavy atom. The van der Waals surface area contributed by atoms with E-state index in [-0.39, 0.29) is 0 Å². The molecule has 0 bridgehead atoms. The molecule has 2 heterocycles. The van der Waals surface area contributed by atoms with Gasteiger partial charge in [-0.2, -0.15) is 0 Å². The number of hydrogen-bond acceptors (Lipinski definition) is 0. The fourth-order valence-electron chi connectivity index (χ4n) is 2.48. The molecule has 0 unspecified atom stereocenters. The van der Waals surface area contributed by atoms with E-state index >= 15 is 0 Å². The fraction of sp³-hybridized carbons (Fsp3) is 0. The van der Waals surface area contributed by atoms with Crippen LogP contribution in [0.4, 0.5) is 0 Å². The van der Waals surface area contributed by atoms with Gasteiger partial charge in [0.25, 0.3) is 0 Å². The number of benzene rings is 2. The van der Waals surface area contributed by atoms with Gasteiger partial charge in [0, 0.05) is 32.2 Å². The molecule has 0 saturated carbocycles. The molecule has 4 rings (SSSR count). The number of rotatable bonds is 0. The van der Waals surface area contributed by atoms with Crippen LogP contribution in [-0.4, -0.2) is 9.97 Å². The van der Waals surface area contributed by atoms with E-state index in [1.165, 1.54) is 16.2 Å². The van der Waals surface area contributed by atoms with E-state index in [0.717, 1.165) is 21.7 Å². The van der Waals surface area contributed by atoms with Crippen LogP contribution in [0.5, 0.6) is 0 Å². The first kappa shape index (κ1) is 9.14. The summed E-state index contributed by atoms with van der Waals surface area (Å²) in [5.41, 5.74) is 3.32. The van der Waals surface area contributed by atoms with E-state index in [4.69, 9.17) is 11.6 Å². The highest BCUT2D eigenvalue weighted by Crippen LogP contribution is 2.33. The van der Waals surface area contributed by atoms with Crippen molar-refractivity contribution in [2.24, 2.45) is 0 Å². The maximum absolute atomic E-state index is 6.07. The second-order valence-corrected chi connectivity index (χ2v) is 4.67. The predicted octanol–water partition coefficient (Wildman–Crippen LogP) is 4.46. The van der Waals surface area contributed by atoms with Crippen molar-refractivity contribution >= 4 is 44.4 Å². The number of aromatic nitrogens is 2. The molecule has 2 aromatic carbocycles. The molecule has 0 aliphatic rings. The quantitative estimate of drug-likeness (QED) is 0.455. The zero-order chi connectivity index (χ0) is 11.4. The molecule has 2 nitrogen and oxygen atoms in total. The van der Waals surface area contributed by atoms with Crippen LogP contribution in [0.25, 0.3) is 32.8 Å². The first-order valence-electron chi connectivity index (χ1n) is 5.50. The Bertz CT molecular complexity index is 854. The summed E-state index contributed by atoms with van der Waals surface area (Å²) < 4.78 is 0. The lowest BCUT2D eigenvalue weighted by atomic mass is 10.1. The van der Waals surface area contributed by atoms with E-state index in [9.17, 15) is 0 Å². The van der Waals surface area contributed by atoms with Crippen LogP contribution in [0.2, 0.25) is 5.02 Å². The van der Waals surface area contributed by atoms with Crippen molar-refractivity contribution in [3.63, 3.8) is 0 Å². The van der Waals surface area contributed by atoms with Crippen molar-refractivity contribution in [3.8, 4) is 0 Å². The molecule has 0 saturated heterocycles. The Morgan fingerprint density at radius 3 is 2.47 bits per heavy atom. The zero-order valence-electron chi connectivity index (χ0n) is 8.92. The molecule has 0 atom stereocenters. The molecule has 0 aliphatic heterocycles. The number of halogens is 1. The third kappa shape index (κ3) is 1.16. The van der Waals surface area contributed by atoms with Gasteiger partial charge in [0.1, 0.15) is 5.65 Å². The van der Waals surface area contributed by atoms with E-state index in [1.807, 2.05) is 24.3 Å². The second kappa shape index (κ2) is 3.05. The number of H-pyrrole nitrogens is 2. The van der Waals surface area contributed by atoms with Crippen molar-refractivity contribution in [2.75, 3.05) is 0 Å². The molecular formula is C14H9ClN2. The first-order valence-corrected chi connectivity index (χ1v) is 5.88. The van der Waals surface area contributed by atoms with Crippen LogP contribution in [-0.2, 0) is 0 Å². The molecule has 17 heavy (non-hydrogen) atoms. The first-order chi connectivity index (χ1) is 8.33. The average Bonchev–Trinajstić information content (AvgIpc) is 2.84. The van der Waals surface area contributed by atoms with Crippen LogP contribution in [0.3, 0.4) is 0 Å². The molecule has 0 amide bonds. The van der Waals surface area contributed by atoms with Gasteiger partial charge >= 0.3 is 0 Å². The summed E-state index contributed by atoms with van der Waals surface area (Å²) in [5.74, 6) is 0. The standard InChI is InChI=1S/C14H9ClN2/c15-8-5-6-12-10(7-8)13-9-3-1-2-4-11(9)16-14(13)17-12/h1-7,16-17H. The molecule has 2 aromatic heterocycles. The van der Waals surface area contributed by atoms with Crippen molar-refractivity contribution < 1.29 is 0 Å². The highest BCUT2D eigenvalue weighted by atomic mass is 35.5. The molecular weight excluding hydrogens is 232 g/mol. The van der Waals surface area contributed by atoms with E-state index in [1.54, 1.807) is 0 Å². The predicted molar refractivity (Wildman–Crippen MR) is 72.7 cm³/mol. The van der Waals surface area contributed by atoms with Crippen LogP contribution in [0.15, 0.2) is 42.5 Å². The number of nitrogens with one attached hydrogen (secondary N) is 2. The maximum atomic E-state index is 6.07. The third-order valence-corrected chi connectivity index (χ3v) is 3.45. The second-order valence-electron chi connectivity index (χ2n) is 4.24. The summed E-state index contributed by atoms with van der Waals surface area (Å²) >= 11 is 6.07. The summed E-state index contributed by atoms with van der Waals surface area (Å²) in [6, 6.07) is 14.2. The normalized spacial score (nSPS) is 11.8. The van der Waals surface area contributed by atoms with Gasteiger partial charge in [0.15, 0.2) is 0 Å². The SMILES string of the molecule is Clc1ccc2[nH]c3[nH]c4ccccc4c3c2c1. The van der Waals surface area contributed by atoms with Gasteiger partial charge in [-0.15, -0.1) is 0 Å². The summed E-state index contributed by atoms with van der Waals surface area (Å²) in [7, 11) is 0. The van der Waals surface area contributed by atoms with Gasteiger partial charge in [-0.1, -0.05) is 29.8 Å². The largest absolute Gasteiger partial charge is 0.341 e. The third-order valence-electron chi connectivity index (χ3n) is 3.22. The summed E-state index contributed by atoms with van der Waals surface area (Å²) in [4.78, 5) is 6.77. The minimum Gasteiger partial charge on any atom is -0.341 e. The Balaban J connectivity index is 2.33. The lowest BCUT2D eigenvalue weighted by Crippen LogP contribution is -1.71. The average molecular weight is 241 g/mol. The van der Waals surface area contributed by atoms with Gasteiger partial charge in [-0.3, -0.25) is 0 Å². The summed E-state index contributed by atoms with van der Waals surface area (Å²) in [6.45, 7) is 0. The van der Waals surface area contributed by atoms with E-state index < -0.39 is 0 Å². The molecule has 0 fully saturated rings. The molecule has 0 aliphatic carbocycles. The van der Waals surface area contributed by atoms with Crippen molar-refractivity contribution in [1.29, 1.82) is 0 Å². The molecule has 4 aromatic rings. The highest BCUT2D eigenvalue weighted by Gasteiger charge is 2.10. The summed E-state index contributed by atoms with van der Waals surface area (Å²) in [5, 5.41) is 4.39. The topological polar surface area (TPSA) is 31.6 Å². The maximum Gasteiger partial charge on any atom is 0.116 e. The van der Waals surface area contributed by atoms with Crippen molar-refractivity contribution in [1.82, 2.24) is 9.97 Å². The monoisotopic (exact) mass is 240 g/mol. The van der Waals surface area contributed by atoms with Gasteiger partial charge < -0.3 is 9.97 Å². The van der Waals surface area contributed by atoms with Crippen LogP contribution >= 0.6 is 11.6 Å².